The second-order valence-electron chi connectivity index (χ2n) is 5.60. The fourth-order valence-electron chi connectivity index (χ4n) is 2.68. The molecule has 1 amide bonds. The van der Waals surface area contributed by atoms with Crippen molar-refractivity contribution in [2.75, 3.05) is 20.1 Å². The quantitative estimate of drug-likeness (QED) is 0.884. The maximum atomic E-state index is 12.5. The normalized spacial score (nSPS) is 18.4. The van der Waals surface area contributed by atoms with Gasteiger partial charge >= 0.3 is 0 Å². The molecule has 0 saturated carbocycles. The van der Waals surface area contributed by atoms with Crippen molar-refractivity contribution < 1.29 is 4.79 Å². The highest BCUT2D eigenvalue weighted by Gasteiger charge is 2.19. The van der Waals surface area contributed by atoms with Crippen LogP contribution >= 0.6 is 27.3 Å². The van der Waals surface area contributed by atoms with Crippen LogP contribution in [0.15, 0.2) is 27.5 Å². The lowest BCUT2D eigenvalue weighted by atomic mass is 10.1. The number of halogens is 1. The molecule has 1 aliphatic heterocycles. The van der Waals surface area contributed by atoms with Crippen LogP contribution in [-0.2, 0) is 6.54 Å². The lowest BCUT2D eigenvalue weighted by molar-refractivity contribution is 0.0778. The number of thiophene rings is 1. The Morgan fingerprint density at radius 2 is 2.50 bits per heavy atom. The van der Waals surface area contributed by atoms with Crippen molar-refractivity contribution in [2.24, 2.45) is 0 Å². The number of hydrogen-bond acceptors (Lipinski definition) is 4. The molecule has 0 aliphatic carbocycles. The summed E-state index contributed by atoms with van der Waals surface area (Å²) in [7, 11) is 1.81. The molecule has 7 heteroatoms. The summed E-state index contributed by atoms with van der Waals surface area (Å²) in [5.74, 6) is -0.0372. The molecule has 3 heterocycles. The minimum Gasteiger partial charge on any atom is -0.336 e. The molecule has 2 aromatic rings. The number of nitrogens with one attached hydrogen (secondary N) is 1. The van der Waals surface area contributed by atoms with Crippen LogP contribution in [0.4, 0.5) is 0 Å². The first kappa shape index (κ1) is 15.7. The van der Waals surface area contributed by atoms with Crippen LogP contribution in [0.3, 0.4) is 0 Å². The predicted molar refractivity (Wildman–Crippen MR) is 91.2 cm³/mol. The highest BCUT2D eigenvalue weighted by Crippen LogP contribution is 2.22. The van der Waals surface area contributed by atoms with Crippen LogP contribution < -0.4 is 5.32 Å². The molecule has 1 aliphatic rings. The Morgan fingerprint density at radius 1 is 1.64 bits per heavy atom. The van der Waals surface area contributed by atoms with E-state index in [1.54, 1.807) is 16.2 Å². The van der Waals surface area contributed by atoms with Gasteiger partial charge in [0.2, 0.25) is 0 Å². The van der Waals surface area contributed by atoms with E-state index in [-0.39, 0.29) is 5.91 Å². The largest absolute Gasteiger partial charge is 0.336 e. The molecule has 22 heavy (non-hydrogen) atoms. The first-order chi connectivity index (χ1) is 10.6. The van der Waals surface area contributed by atoms with Gasteiger partial charge in [-0.1, -0.05) is 0 Å². The van der Waals surface area contributed by atoms with Gasteiger partial charge in [-0.15, -0.1) is 11.3 Å². The highest BCUT2D eigenvalue weighted by atomic mass is 79.9. The minimum atomic E-state index is -0.0372. The van der Waals surface area contributed by atoms with E-state index in [1.807, 2.05) is 30.1 Å². The first-order valence-electron chi connectivity index (χ1n) is 7.38. The maximum absolute atomic E-state index is 12.5. The molecule has 0 radical (unpaired) electrons. The summed E-state index contributed by atoms with van der Waals surface area (Å²) >= 11 is 5.07. The second-order valence-corrected chi connectivity index (χ2v) is 7.89. The molecule has 5 nitrogen and oxygen atoms in total. The third-order valence-electron chi connectivity index (χ3n) is 3.86. The molecule has 118 valence electrons. The Morgan fingerprint density at radius 3 is 3.18 bits per heavy atom. The standard InChI is InChI=1S/C15H19BrN4OS/c1-19(9-11-7-14(16)22-10-11)15(21)13-4-6-20(18-13)12-3-2-5-17-8-12/h4,6-7,10,12,17H,2-3,5,8-9H2,1H3. The van der Waals surface area contributed by atoms with Gasteiger partial charge in [0.25, 0.3) is 5.91 Å². The Bertz CT molecular complexity index is 648. The van der Waals surface area contributed by atoms with Crippen molar-refractivity contribution in [3.8, 4) is 0 Å². The minimum absolute atomic E-state index is 0.0372. The van der Waals surface area contributed by atoms with Gasteiger partial charge in [-0.3, -0.25) is 9.48 Å². The average Bonchev–Trinajstić information content (AvgIpc) is 3.17. The fraction of sp³-hybridized carbons (Fsp3) is 0.467. The molecular weight excluding hydrogens is 364 g/mol. The second kappa shape index (κ2) is 6.93. The van der Waals surface area contributed by atoms with Crippen LogP contribution in [-0.4, -0.2) is 40.7 Å². The molecule has 1 saturated heterocycles. The summed E-state index contributed by atoms with van der Waals surface area (Å²) in [6.07, 6.45) is 4.18. The zero-order valence-electron chi connectivity index (χ0n) is 12.5. The predicted octanol–water partition coefficient (Wildman–Crippen LogP) is 2.90. The molecule has 3 rings (SSSR count). The Hall–Kier alpha value is -1.18. The van der Waals surface area contributed by atoms with Crippen LogP contribution in [0, 0.1) is 0 Å². The summed E-state index contributed by atoms with van der Waals surface area (Å²) in [6, 6.07) is 4.21. The van der Waals surface area contributed by atoms with Gasteiger partial charge in [0.1, 0.15) is 5.69 Å². The van der Waals surface area contributed by atoms with Gasteiger partial charge in [-0.2, -0.15) is 5.10 Å². The lowest BCUT2D eigenvalue weighted by Crippen LogP contribution is -2.32. The number of aromatic nitrogens is 2. The van der Waals surface area contributed by atoms with E-state index in [9.17, 15) is 4.79 Å². The summed E-state index contributed by atoms with van der Waals surface area (Å²) < 4.78 is 3.01. The first-order valence-corrected chi connectivity index (χ1v) is 9.05. The molecule has 1 atom stereocenters. The van der Waals surface area contributed by atoms with Crippen LogP contribution in [0.2, 0.25) is 0 Å². The third kappa shape index (κ3) is 3.59. The number of carbonyl (C=O) groups is 1. The number of amides is 1. The molecular formula is C15H19BrN4OS. The number of piperidine rings is 1. The molecule has 0 spiro atoms. The summed E-state index contributed by atoms with van der Waals surface area (Å²) in [5, 5.41) is 9.91. The van der Waals surface area contributed by atoms with Crippen LogP contribution in [0.5, 0.6) is 0 Å². The van der Waals surface area contributed by atoms with Crippen molar-refractivity contribution in [3.63, 3.8) is 0 Å². The van der Waals surface area contributed by atoms with E-state index in [4.69, 9.17) is 0 Å². The molecule has 0 aromatic carbocycles. The zero-order valence-corrected chi connectivity index (χ0v) is 14.9. The Kier molecular flexibility index (Phi) is 4.95. The summed E-state index contributed by atoms with van der Waals surface area (Å²) in [5.41, 5.74) is 1.64. The van der Waals surface area contributed by atoms with Gasteiger partial charge < -0.3 is 10.2 Å². The summed E-state index contributed by atoms with van der Waals surface area (Å²) in [4.78, 5) is 14.2. The van der Waals surface area contributed by atoms with Gasteiger partial charge in [0, 0.05) is 26.3 Å². The van der Waals surface area contributed by atoms with Gasteiger partial charge in [0.15, 0.2) is 0 Å². The van der Waals surface area contributed by atoms with Crippen LogP contribution in [0.25, 0.3) is 0 Å². The van der Waals surface area contributed by atoms with Crippen molar-refractivity contribution in [2.45, 2.75) is 25.4 Å². The Balaban J connectivity index is 1.65. The molecule has 1 unspecified atom stereocenters. The SMILES string of the molecule is CN(Cc1csc(Br)c1)C(=O)c1ccn(C2CCCNC2)n1. The monoisotopic (exact) mass is 382 g/mol. The van der Waals surface area contributed by atoms with Crippen molar-refractivity contribution >= 4 is 33.2 Å². The maximum Gasteiger partial charge on any atom is 0.274 e. The van der Waals surface area contributed by atoms with Crippen molar-refractivity contribution in [3.05, 3.63) is 38.8 Å². The van der Waals surface area contributed by atoms with E-state index >= 15 is 0 Å². The molecule has 0 bridgehead atoms. The molecule has 1 N–H and O–H groups in total. The number of carbonyl (C=O) groups excluding carboxylic acids is 1. The van der Waals surface area contributed by atoms with E-state index < -0.39 is 0 Å². The summed E-state index contributed by atoms with van der Waals surface area (Å²) in [6.45, 7) is 2.59. The van der Waals surface area contributed by atoms with Gasteiger partial charge in [0.05, 0.1) is 9.83 Å². The van der Waals surface area contributed by atoms with Gasteiger partial charge in [-0.05, 0) is 58.4 Å². The highest BCUT2D eigenvalue weighted by molar-refractivity contribution is 9.11. The fourth-order valence-corrected chi connectivity index (χ4v) is 3.88. The topological polar surface area (TPSA) is 50.2 Å². The van der Waals surface area contributed by atoms with E-state index in [2.05, 4.69) is 31.7 Å². The van der Waals surface area contributed by atoms with E-state index in [0.29, 0.717) is 18.3 Å². The molecule has 2 aromatic heterocycles. The Labute approximate surface area is 142 Å². The zero-order chi connectivity index (χ0) is 15.5. The molecule has 1 fully saturated rings. The number of nitrogens with zero attached hydrogens (tertiary/aromatic N) is 3. The van der Waals surface area contributed by atoms with Gasteiger partial charge in [-0.25, -0.2) is 0 Å². The average molecular weight is 383 g/mol. The van der Waals surface area contributed by atoms with Crippen molar-refractivity contribution in [1.29, 1.82) is 0 Å². The number of rotatable bonds is 4. The van der Waals surface area contributed by atoms with Crippen LogP contribution in [0.1, 0.15) is 34.9 Å². The van der Waals surface area contributed by atoms with Crippen molar-refractivity contribution in [1.82, 2.24) is 20.0 Å². The van der Waals surface area contributed by atoms with E-state index in [0.717, 1.165) is 35.3 Å². The smallest absolute Gasteiger partial charge is 0.274 e. The third-order valence-corrected chi connectivity index (χ3v) is 5.41. The lowest BCUT2D eigenvalue weighted by Gasteiger charge is -2.23. The van der Waals surface area contributed by atoms with E-state index in [1.165, 1.54) is 0 Å². The number of hydrogen-bond donors (Lipinski definition) is 1.